The van der Waals surface area contributed by atoms with Crippen molar-refractivity contribution in [1.82, 2.24) is 30.1 Å². The van der Waals surface area contributed by atoms with Crippen molar-refractivity contribution in [2.24, 2.45) is 5.84 Å². The Bertz CT molecular complexity index is 597. The molecule has 0 spiro atoms. The van der Waals surface area contributed by atoms with Gasteiger partial charge in [0.1, 0.15) is 12.2 Å². The molecule has 3 N–H and O–H groups in total. The molecule has 20 heavy (non-hydrogen) atoms. The molecule has 8 heteroatoms. The summed E-state index contributed by atoms with van der Waals surface area (Å²) in [5.74, 6) is 5.10. The third kappa shape index (κ3) is 3.16. The molecule has 0 fully saturated rings. The van der Waals surface area contributed by atoms with E-state index >= 15 is 0 Å². The summed E-state index contributed by atoms with van der Waals surface area (Å²) in [6, 6.07) is 7.90. The Morgan fingerprint density at radius 3 is 2.50 bits per heavy atom. The molecule has 0 aliphatic heterocycles. The largest absolute Gasteiger partial charge is 0.298 e. The van der Waals surface area contributed by atoms with Crippen LogP contribution in [0.5, 0.6) is 0 Å². The molecule has 0 aliphatic rings. The van der Waals surface area contributed by atoms with Crippen LogP contribution in [0.2, 0.25) is 0 Å². The summed E-state index contributed by atoms with van der Waals surface area (Å²) >= 11 is 0. The molecule has 106 valence electrons. The van der Waals surface area contributed by atoms with Crippen LogP contribution in [0, 0.1) is 0 Å². The molecule has 0 unspecified atom stereocenters. The highest BCUT2D eigenvalue weighted by molar-refractivity contribution is 5.74. The lowest BCUT2D eigenvalue weighted by Crippen LogP contribution is -2.34. The summed E-state index contributed by atoms with van der Waals surface area (Å²) in [4.78, 5) is 12.3. The normalized spacial score (nSPS) is 11.4. The Hall–Kier alpha value is -2.32. The Labute approximate surface area is 116 Å². The van der Waals surface area contributed by atoms with Crippen LogP contribution in [0.3, 0.4) is 0 Å². The standard InChI is InChI=1S/C12H17N7O/c1-19(2,3)10-6-4-9(5-7-10)12-15-17-18(16-12)8-11(20)14-13/h4-7H,8H2,1-3H3,(H2-,13,14,15,16,17,20)/p+1. The van der Waals surface area contributed by atoms with Gasteiger partial charge in [0, 0.05) is 5.56 Å². The van der Waals surface area contributed by atoms with Gasteiger partial charge in [-0.05, 0) is 29.5 Å². The number of benzene rings is 1. The SMILES string of the molecule is C[N+](C)(C)c1ccc(-c2nnn(CC(=O)NN)n2)cc1. The monoisotopic (exact) mass is 276 g/mol. The number of carbonyl (C=O) groups excluding carboxylic acids is 1. The molecule has 0 atom stereocenters. The number of tetrazole rings is 1. The van der Waals surface area contributed by atoms with Crippen LogP contribution < -0.4 is 15.8 Å². The van der Waals surface area contributed by atoms with Gasteiger partial charge in [-0.25, -0.2) is 5.84 Å². The van der Waals surface area contributed by atoms with Crippen molar-refractivity contribution in [3.8, 4) is 11.4 Å². The smallest absolute Gasteiger partial charge is 0.257 e. The molecule has 0 radical (unpaired) electrons. The van der Waals surface area contributed by atoms with Crippen LogP contribution in [0.1, 0.15) is 0 Å². The number of carbonyl (C=O) groups is 1. The van der Waals surface area contributed by atoms with Gasteiger partial charge in [0.2, 0.25) is 5.82 Å². The molecule has 2 aromatic rings. The van der Waals surface area contributed by atoms with Gasteiger partial charge in [0.15, 0.2) is 0 Å². The second-order valence-corrected chi connectivity index (χ2v) is 5.27. The van der Waals surface area contributed by atoms with E-state index in [1.165, 1.54) is 10.5 Å². The number of quaternary nitrogens is 1. The Morgan fingerprint density at radius 1 is 1.30 bits per heavy atom. The van der Waals surface area contributed by atoms with E-state index < -0.39 is 0 Å². The summed E-state index contributed by atoms with van der Waals surface area (Å²) < 4.78 is 0.733. The maximum absolute atomic E-state index is 11.1. The Balaban J connectivity index is 2.18. The van der Waals surface area contributed by atoms with Gasteiger partial charge in [-0.2, -0.15) is 4.80 Å². The van der Waals surface area contributed by atoms with Gasteiger partial charge < -0.3 is 0 Å². The van der Waals surface area contributed by atoms with E-state index in [1.54, 1.807) is 0 Å². The Morgan fingerprint density at radius 2 is 1.95 bits per heavy atom. The first-order valence-electron chi connectivity index (χ1n) is 6.10. The first-order valence-corrected chi connectivity index (χ1v) is 6.10. The number of nitrogens with one attached hydrogen (secondary N) is 1. The predicted molar refractivity (Wildman–Crippen MR) is 75.1 cm³/mol. The minimum absolute atomic E-state index is 0.0551. The zero-order valence-electron chi connectivity index (χ0n) is 11.7. The highest BCUT2D eigenvalue weighted by Crippen LogP contribution is 2.21. The predicted octanol–water partition coefficient (Wildman–Crippen LogP) is -0.473. The Kier molecular flexibility index (Phi) is 3.77. The van der Waals surface area contributed by atoms with Gasteiger partial charge in [-0.3, -0.25) is 14.7 Å². The van der Waals surface area contributed by atoms with E-state index in [0.717, 1.165) is 10.0 Å². The molecule has 1 aromatic carbocycles. The van der Waals surface area contributed by atoms with Crippen molar-refractivity contribution in [3.05, 3.63) is 24.3 Å². The fraction of sp³-hybridized carbons (Fsp3) is 0.333. The lowest BCUT2D eigenvalue weighted by molar-refractivity contribution is -0.122. The van der Waals surface area contributed by atoms with Crippen LogP contribution in [-0.2, 0) is 11.3 Å². The van der Waals surface area contributed by atoms with E-state index in [9.17, 15) is 4.79 Å². The van der Waals surface area contributed by atoms with E-state index in [4.69, 9.17) is 5.84 Å². The van der Waals surface area contributed by atoms with Crippen molar-refractivity contribution in [3.63, 3.8) is 0 Å². The fourth-order valence-corrected chi connectivity index (χ4v) is 1.66. The van der Waals surface area contributed by atoms with Gasteiger partial charge in [-0.1, -0.05) is 0 Å². The molecule has 0 saturated heterocycles. The van der Waals surface area contributed by atoms with E-state index in [2.05, 4.69) is 36.6 Å². The van der Waals surface area contributed by atoms with Crippen molar-refractivity contribution in [2.45, 2.75) is 6.54 Å². The zero-order valence-corrected chi connectivity index (χ0v) is 11.7. The maximum atomic E-state index is 11.1. The minimum Gasteiger partial charge on any atom is -0.298 e. The molecule has 0 bridgehead atoms. The number of nitrogens with zero attached hydrogens (tertiary/aromatic N) is 5. The molecule has 0 saturated carbocycles. The van der Waals surface area contributed by atoms with Gasteiger partial charge in [-0.15, -0.1) is 10.2 Å². The van der Waals surface area contributed by atoms with Crippen LogP contribution in [-0.4, -0.2) is 47.3 Å². The molecular formula is C12H18N7O+. The first-order chi connectivity index (χ1) is 9.40. The average molecular weight is 276 g/mol. The van der Waals surface area contributed by atoms with E-state index in [0.29, 0.717) is 5.82 Å². The molecule has 2 rings (SSSR count). The van der Waals surface area contributed by atoms with Gasteiger partial charge in [0.05, 0.1) is 21.1 Å². The van der Waals surface area contributed by atoms with Crippen molar-refractivity contribution < 1.29 is 4.79 Å². The molecule has 8 nitrogen and oxygen atoms in total. The fourth-order valence-electron chi connectivity index (χ4n) is 1.66. The van der Waals surface area contributed by atoms with Crippen molar-refractivity contribution in [2.75, 3.05) is 21.1 Å². The lowest BCUT2D eigenvalue weighted by atomic mass is 10.2. The number of aromatic nitrogens is 4. The second kappa shape index (κ2) is 5.35. The zero-order chi connectivity index (χ0) is 14.8. The van der Waals surface area contributed by atoms with Crippen molar-refractivity contribution in [1.29, 1.82) is 0 Å². The summed E-state index contributed by atoms with van der Waals surface area (Å²) in [6.07, 6.45) is 0. The number of nitrogens with two attached hydrogens (primary N) is 1. The van der Waals surface area contributed by atoms with Gasteiger partial charge in [0.25, 0.3) is 5.91 Å². The summed E-state index contributed by atoms with van der Waals surface area (Å²) in [5.41, 5.74) is 4.04. The minimum atomic E-state index is -0.380. The van der Waals surface area contributed by atoms with Crippen LogP contribution in [0.4, 0.5) is 5.69 Å². The third-order valence-corrected chi connectivity index (χ3v) is 2.80. The molecule has 1 amide bonds. The van der Waals surface area contributed by atoms with Crippen molar-refractivity contribution >= 4 is 11.6 Å². The average Bonchev–Trinajstić information content (AvgIpc) is 2.86. The third-order valence-electron chi connectivity index (χ3n) is 2.80. The molecular weight excluding hydrogens is 258 g/mol. The number of hydrogen-bond donors (Lipinski definition) is 2. The maximum Gasteiger partial charge on any atom is 0.257 e. The lowest BCUT2D eigenvalue weighted by Gasteiger charge is -2.23. The summed E-state index contributed by atoms with van der Waals surface area (Å²) in [5, 5.41) is 11.9. The molecule has 1 aromatic heterocycles. The number of hydrogen-bond acceptors (Lipinski definition) is 5. The number of hydrazine groups is 1. The summed E-state index contributed by atoms with van der Waals surface area (Å²) in [7, 11) is 6.28. The van der Waals surface area contributed by atoms with Crippen LogP contribution >= 0.6 is 0 Å². The highest BCUT2D eigenvalue weighted by Gasteiger charge is 2.13. The summed E-state index contributed by atoms with van der Waals surface area (Å²) in [6.45, 7) is -0.0551. The van der Waals surface area contributed by atoms with Gasteiger partial charge >= 0.3 is 0 Å². The van der Waals surface area contributed by atoms with E-state index in [-0.39, 0.29) is 12.5 Å². The number of rotatable bonds is 4. The van der Waals surface area contributed by atoms with Crippen LogP contribution in [0.15, 0.2) is 24.3 Å². The molecule has 0 aliphatic carbocycles. The quantitative estimate of drug-likeness (QED) is 0.340. The van der Waals surface area contributed by atoms with Crippen LogP contribution in [0.25, 0.3) is 11.4 Å². The molecule has 1 heterocycles. The highest BCUT2D eigenvalue weighted by atomic mass is 16.2. The van der Waals surface area contributed by atoms with E-state index in [1.807, 2.05) is 29.7 Å². The first kappa shape index (κ1) is 14.1. The number of amides is 1. The topological polar surface area (TPSA) is 98.7 Å². The second-order valence-electron chi connectivity index (χ2n) is 5.27.